The Morgan fingerprint density at radius 1 is 1.00 bits per heavy atom. The summed E-state index contributed by atoms with van der Waals surface area (Å²) >= 11 is 0. The molecule has 19 heavy (non-hydrogen) atoms. The van der Waals surface area contributed by atoms with E-state index in [9.17, 15) is 5.11 Å². The van der Waals surface area contributed by atoms with Gasteiger partial charge in [-0.05, 0) is 50.4 Å². The molecule has 2 nitrogen and oxygen atoms in total. The fourth-order valence-corrected chi connectivity index (χ4v) is 4.73. The Bertz CT molecular complexity index is 283. The van der Waals surface area contributed by atoms with Crippen LogP contribution in [0.4, 0.5) is 0 Å². The molecule has 0 saturated heterocycles. The van der Waals surface area contributed by atoms with Gasteiger partial charge in [0.2, 0.25) is 0 Å². The van der Waals surface area contributed by atoms with Crippen molar-refractivity contribution in [2.75, 3.05) is 6.54 Å². The molecule has 2 unspecified atom stereocenters. The maximum atomic E-state index is 11.3. The molecule has 0 aromatic rings. The van der Waals surface area contributed by atoms with Gasteiger partial charge >= 0.3 is 0 Å². The molecule has 0 heterocycles. The molecule has 0 bridgehead atoms. The first-order chi connectivity index (χ1) is 9.09. The normalized spacial score (nSPS) is 44.2. The quantitative estimate of drug-likeness (QED) is 0.812. The first-order valence-electron chi connectivity index (χ1n) is 8.51. The largest absolute Gasteiger partial charge is 0.389 e. The second-order valence-electron chi connectivity index (χ2n) is 7.24. The summed E-state index contributed by atoms with van der Waals surface area (Å²) in [6.45, 7) is 5.24. The van der Waals surface area contributed by atoms with Gasteiger partial charge < -0.3 is 10.8 Å². The predicted octanol–water partition coefficient (Wildman–Crippen LogP) is 3.86. The van der Waals surface area contributed by atoms with Crippen molar-refractivity contribution in [1.29, 1.82) is 0 Å². The van der Waals surface area contributed by atoms with Gasteiger partial charge in [-0.2, -0.15) is 0 Å². The lowest BCUT2D eigenvalue weighted by Crippen LogP contribution is -2.56. The van der Waals surface area contributed by atoms with Crippen molar-refractivity contribution < 1.29 is 5.11 Å². The summed E-state index contributed by atoms with van der Waals surface area (Å²) in [5.41, 5.74) is 5.73. The van der Waals surface area contributed by atoms with Crippen LogP contribution in [0, 0.1) is 17.3 Å². The molecule has 2 atom stereocenters. The van der Waals surface area contributed by atoms with Gasteiger partial charge in [0.25, 0.3) is 0 Å². The van der Waals surface area contributed by atoms with Crippen molar-refractivity contribution >= 4 is 0 Å². The SMILES string of the molecule is CCC1CCC(O)(C2(CN)CCCC(CC)C2)CC1. The van der Waals surface area contributed by atoms with Gasteiger partial charge in [-0.3, -0.25) is 0 Å². The van der Waals surface area contributed by atoms with Crippen LogP contribution in [0.2, 0.25) is 0 Å². The van der Waals surface area contributed by atoms with Gasteiger partial charge in [0, 0.05) is 12.0 Å². The van der Waals surface area contributed by atoms with E-state index in [4.69, 9.17) is 5.73 Å². The van der Waals surface area contributed by atoms with Crippen molar-refractivity contribution in [3.8, 4) is 0 Å². The summed E-state index contributed by atoms with van der Waals surface area (Å²) in [5, 5.41) is 11.3. The lowest BCUT2D eigenvalue weighted by molar-refractivity contribution is -0.136. The fraction of sp³-hybridized carbons (Fsp3) is 1.00. The number of hydrogen-bond donors (Lipinski definition) is 2. The summed E-state index contributed by atoms with van der Waals surface area (Å²) in [6.07, 6.45) is 11.8. The Labute approximate surface area is 119 Å². The molecule has 2 fully saturated rings. The third-order valence-electron chi connectivity index (χ3n) is 6.41. The van der Waals surface area contributed by atoms with E-state index in [0.29, 0.717) is 6.54 Å². The van der Waals surface area contributed by atoms with Gasteiger partial charge in [-0.1, -0.05) is 39.5 Å². The molecule has 0 aromatic carbocycles. The van der Waals surface area contributed by atoms with E-state index < -0.39 is 5.60 Å². The van der Waals surface area contributed by atoms with Crippen molar-refractivity contribution in [1.82, 2.24) is 0 Å². The minimum atomic E-state index is -0.471. The summed E-state index contributed by atoms with van der Waals surface area (Å²) in [6, 6.07) is 0. The average Bonchev–Trinajstić information content (AvgIpc) is 2.48. The Kier molecular flexibility index (Phi) is 4.94. The van der Waals surface area contributed by atoms with Crippen LogP contribution in [-0.2, 0) is 0 Å². The molecule has 2 saturated carbocycles. The maximum Gasteiger partial charge on any atom is 0.0716 e. The van der Waals surface area contributed by atoms with Crippen LogP contribution in [0.3, 0.4) is 0 Å². The molecule has 0 aliphatic heterocycles. The van der Waals surface area contributed by atoms with Crippen molar-refractivity contribution in [2.45, 2.75) is 83.7 Å². The van der Waals surface area contributed by atoms with Crippen LogP contribution in [0.25, 0.3) is 0 Å². The van der Waals surface area contributed by atoms with E-state index in [2.05, 4.69) is 13.8 Å². The Morgan fingerprint density at radius 3 is 2.16 bits per heavy atom. The fourth-order valence-electron chi connectivity index (χ4n) is 4.73. The van der Waals surface area contributed by atoms with Gasteiger partial charge in [-0.25, -0.2) is 0 Å². The highest BCUT2D eigenvalue weighted by Crippen LogP contribution is 2.53. The zero-order valence-electron chi connectivity index (χ0n) is 13.0. The Morgan fingerprint density at radius 2 is 1.63 bits per heavy atom. The zero-order chi connectivity index (χ0) is 13.9. The van der Waals surface area contributed by atoms with Gasteiger partial charge in [-0.15, -0.1) is 0 Å². The second kappa shape index (κ2) is 6.13. The van der Waals surface area contributed by atoms with E-state index in [1.807, 2.05) is 0 Å². The van der Waals surface area contributed by atoms with Crippen LogP contribution < -0.4 is 5.73 Å². The summed E-state index contributed by atoms with van der Waals surface area (Å²) in [4.78, 5) is 0. The Hall–Kier alpha value is -0.0800. The molecule has 0 aromatic heterocycles. The van der Waals surface area contributed by atoms with E-state index >= 15 is 0 Å². The van der Waals surface area contributed by atoms with Crippen LogP contribution >= 0.6 is 0 Å². The van der Waals surface area contributed by atoms with Crippen LogP contribution in [0.15, 0.2) is 0 Å². The van der Waals surface area contributed by atoms with Crippen LogP contribution in [0.1, 0.15) is 78.1 Å². The smallest absolute Gasteiger partial charge is 0.0716 e. The predicted molar refractivity (Wildman–Crippen MR) is 80.9 cm³/mol. The third-order valence-corrected chi connectivity index (χ3v) is 6.41. The highest BCUT2D eigenvalue weighted by Gasteiger charge is 2.51. The Balaban J connectivity index is 2.11. The molecule has 3 N–H and O–H groups in total. The lowest BCUT2D eigenvalue weighted by Gasteiger charge is -2.53. The lowest BCUT2D eigenvalue weighted by atomic mass is 9.55. The van der Waals surface area contributed by atoms with E-state index in [1.54, 1.807) is 0 Å². The molecule has 0 amide bonds. The zero-order valence-corrected chi connectivity index (χ0v) is 13.0. The van der Waals surface area contributed by atoms with Gasteiger partial charge in [0.05, 0.1) is 5.60 Å². The third kappa shape index (κ3) is 2.85. The minimum Gasteiger partial charge on any atom is -0.389 e. The van der Waals surface area contributed by atoms with E-state index in [-0.39, 0.29) is 5.41 Å². The monoisotopic (exact) mass is 267 g/mol. The number of aliphatic hydroxyl groups is 1. The molecule has 2 aliphatic rings. The molecule has 0 radical (unpaired) electrons. The van der Waals surface area contributed by atoms with Crippen LogP contribution in [0.5, 0.6) is 0 Å². The summed E-state index contributed by atoms with van der Waals surface area (Å²) in [5.74, 6) is 1.62. The molecule has 0 spiro atoms. The standard InChI is InChI=1S/C17H33NO/c1-3-14-7-10-17(19,11-8-14)16(13-18)9-5-6-15(4-2)12-16/h14-15,19H,3-13,18H2,1-2H3. The van der Waals surface area contributed by atoms with Crippen molar-refractivity contribution in [3.05, 3.63) is 0 Å². The first-order valence-corrected chi connectivity index (χ1v) is 8.51. The maximum absolute atomic E-state index is 11.3. The second-order valence-corrected chi connectivity index (χ2v) is 7.24. The number of hydrogen-bond acceptors (Lipinski definition) is 2. The molecule has 112 valence electrons. The van der Waals surface area contributed by atoms with Crippen molar-refractivity contribution in [3.63, 3.8) is 0 Å². The summed E-state index contributed by atoms with van der Waals surface area (Å²) < 4.78 is 0. The highest BCUT2D eigenvalue weighted by molar-refractivity contribution is 5.04. The average molecular weight is 267 g/mol. The first kappa shape index (κ1) is 15.3. The van der Waals surface area contributed by atoms with Crippen molar-refractivity contribution in [2.24, 2.45) is 23.0 Å². The molecular formula is C17H33NO. The number of rotatable bonds is 4. The van der Waals surface area contributed by atoms with E-state index in [0.717, 1.165) is 37.5 Å². The molecule has 2 rings (SSSR count). The minimum absolute atomic E-state index is 0.0185. The van der Waals surface area contributed by atoms with E-state index in [1.165, 1.54) is 38.5 Å². The highest BCUT2D eigenvalue weighted by atomic mass is 16.3. The molecule has 2 aliphatic carbocycles. The van der Waals surface area contributed by atoms with Crippen LogP contribution in [-0.4, -0.2) is 17.3 Å². The topological polar surface area (TPSA) is 46.2 Å². The molecule has 2 heteroatoms. The van der Waals surface area contributed by atoms with Gasteiger partial charge in [0.1, 0.15) is 0 Å². The summed E-state index contributed by atoms with van der Waals surface area (Å²) in [7, 11) is 0. The van der Waals surface area contributed by atoms with Gasteiger partial charge in [0.15, 0.2) is 0 Å². The number of nitrogens with two attached hydrogens (primary N) is 1. The molecular weight excluding hydrogens is 234 g/mol.